The van der Waals surface area contributed by atoms with Gasteiger partial charge in [0.05, 0.1) is 5.69 Å². The number of amides is 1. The molecule has 1 fully saturated rings. The van der Waals surface area contributed by atoms with Crippen LogP contribution in [-0.2, 0) is 0 Å². The normalized spacial score (nSPS) is 15.7. The van der Waals surface area contributed by atoms with E-state index in [9.17, 15) is 4.79 Å². The lowest BCUT2D eigenvalue weighted by atomic mass is 10.1. The molecule has 0 saturated carbocycles. The van der Waals surface area contributed by atoms with E-state index in [2.05, 4.69) is 31.1 Å². The molecule has 0 radical (unpaired) electrons. The summed E-state index contributed by atoms with van der Waals surface area (Å²) in [6.07, 6.45) is 1.80. The summed E-state index contributed by atoms with van der Waals surface area (Å²) in [6, 6.07) is 7.85. The van der Waals surface area contributed by atoms with Gasteiger partial charge in [0.1, 0.15) is 11.9 Å². The maximum absolute atomic E-state index is 12.3. The first-order chi connectivity index (χ1) is 11.0. The SMILES string of the molecule is Cc1cc(C(=O)N2CCC(Oc3c(C)cccc3C)CC2)on1. The molecule has 0 N–H and O–H groups in total. The minimum Gasteiger partial charge on any atom is -0.490 e. The van der Waals surface area contributed by atoms with E-state index in [1.807, 2.05) is 17.9 Å². The van der Waals surface area contributed by atoms with E-state index in [0.717, 1.165) is 35.4 Å². The van der Waals surface area contributed by atoms with E-state index in [4.69, 9.17) is 9.26 Å². The minimum atomic E-state index is -0.0869. The van der Waals surface area contributed by atoms with Crippen molar-refractivity contribution in [2.24, 2.45) is 0 Å². The van der Waals surface area contributed by atoms with Crippen LogP contribution in [-0.4, -0.2) is 35.2 Å². The van der Waals surface area contributed by atoms with E-state index in [-0.39, 0.29) is 12.0 Å². The Balaban J connectivity index is 1.59. The highest BCUT2D eigenvalue weighted by Gasteiger charge is 2.27. The second kappa shape index (κ2) is 6.44. The molecule has 0 spiro atoms. The van der Waals surface area contributed by atoms with Crippen molar-refractivity contribution in [2.75, 3.05) is 13.1 Å². The van der Waals surface area contributed by atoms with E-state index in [0.29, 0.717) is 18.8 Å². The largest absolute Gasteiger partial charge is 0.490 e. The molecule has 122 valence electrons. The number of hydrogen-bond acceptors (Lipinski definition) is 4. The highest BCUT2D eigenvalue weighted by molar-refractivity contribution is 5.91. The number of carbonyl (C=O) groups excluding carboxylic acids is 1. The van der Waals surface area contributed by atoms with E-state index < -0.39 is 0 Å². The second-order valence-corrected chi connectivity index (χ2v) is 6.16. The van der Waals surface area contributed by atoms with E-state index >= 15 is 0 Å². The summed E-state index contributed by atoms with van der Waals surface area (Å²) in [5.74, 6) is 1.20. The predicted octanol–water partition coefficient (Wildman–Crippen LogP) is 3.28. The fourth-order valence-electron chi connectivity index (χ4n) is 2.95. The lowest BCUT2D eigenvalue weighted by Gasteiger charge is -2.32. The zero-order valence-corrected chi connectivity index (χ0v) is 13.8. The van der Waals surface area contributed by atoms with Crippen LogP contribution in [0.2, 0.25) is 0 Å². The highest BCUT2D eigenvalue weighted by Crippen LogP contribution is 2.26. The van der Waals surface area contributed by atoms with E-state index in [1.54, 1.807) is 6.07 Å². The maximum Gasteiger partial charge on any atom is 0.292 e. The number of para-hydroxylation sites is 1. The molecule has 0 atom stereocenters. The first-order valence-electron chi connectivity index (χ1n) is 8.00. The van der Waals surface area contributed by atoms with Gasteiger partial charge in [-0.25, -0.2) is 0 Å². The fourth-order valence-corrected chi connectivity index (χ4v) is 2.95. The van der Waals surface area contributed by atoms with E-state index in [1.165, 1.54) is 0 Å². The van der Waals surface area contributed by atoms with Crippen molar-refractivity contribution in [3.8, 4) is 5.75 Å². The average Bonchev–Trinajstić information content (AvgIpc) is 2.97. The van der Waals surface area contributed by atoms with Gasteiger partial charge in [-0.05, 0) is 31.9 Å². The molecular formula is C18H22N2O3. The smallest absolute Gasteiger partial charge is 0.292 e. The van der Waals surface area contributed by atoms with Gasteiger partial charge >= 0.3 is 0 Å². The molecule has 5 nitrogen and oxygen atoms in total. The molecule has 1 amide bonds. The van der Waals surface area contributed by atoms with Gasteiger partial charge in [-0.15, -0.1) is 0 Å². The maximum atomic E-state index is 12.3. The quantitative estimate of drug-likeness (QED) is 0.872. The fraction of sp³-hybridized carbons (Fsp3) is 0.444. The highest BCUT2D eigenvalue weighted by atomic mass is 16.5. The zero-order valence-electron chi connectivity index (χ0n) is 13.8. The summed E-state index contributed by atoms with van der Waals surface area (Å²) in [6.45, 7) is 7.29. The van der Waals surface area contributed by atoms with Crippen LogP contribution < -0.4 is 4.74 Å². The Kier molecular flexibility index (Phi) is 4.37. The van der Waals surface area contributed by atoms with Crippen LogP contribution in [0.1, 0.15) is 40.2 Å². The van der Waals surface area contributed by atoms with Crippen molar-refractivity contribution in [2.45, 2.75) is 39.7 Å². The third-order valence-electron chi connectivity index (χ3n) is 4.26. The van der Waals surface area contributed by atoms with Gasteiger partial charge in [0.2, 0.25) is 5.76 Å². The molecule has 0 unspecified atom stereocenters. The molecule has 3 rings (SSSR count). The third kappa shape index (κ3) is 3.38. The van der Waals surface area contributed by atoms with Crippen molar-refractivity contribution < 1.29 is 14.1 Å². The third-order valence-corrected chi connectivity index (χ3v) is 4.26. The predicted molar refractivity (Wildman–Crippen MR) is 86.7 cm³/mol. The Bertz CT molecular complexity index is 680. The number of nitrogens with zero attached hydrogens (tertiary/aromatic N) is 2. The first kappa shape index (κ1) is 15.6. The number of piperidine rings is 1. The molecule has 1 aliphatic heterocycles. The number of ether oxygens (including phenoxy) is 1. The molecular weight excluding hydrogens is 292 g/mol. The molecule has 0 bridgehead atoms. The standard InChI is InChI=1S/C18H22N2O3/c1-12-5-4-6-13(2)17(12)22-15-7-9-20(10-8-15)18(21)16-11-14(3)19-23-16/h4-6,11,15H,7-10H2,1-3H3. The number of rotatable bonds is 3. The van der Waals surface area contributed by atoms with Crippen LogP contribution in [0.3, 0.4) is 0 Å². The van der Waals surface area contributed by atoms with Gasteiger partial charge in [-0.3, -0.25) is 4.79 Å². The van der Waals surface area contributed by atoms with Crippen LogP contribution in [0.25, 0.3) is 0 Å². The number of hydrogen-bond donors (Lipinski definition) is 0. The monoisotopic (exact) mass is 314 g/mol. The Labute approximate surface area is 136 Å². The molecule has 1 aliphatic rings. The topological polar surface area (TPSA) is 55.6 Å². The van der Waals surface area contributed by atoms with Gasteiger partial charge in [0.25, 0.3) is 5.91 Å². The van der Waals surface area contributed by atoms with Crippen molar-refractivity contribution in [1.82, 2.24) is 10.1 Å². The molecule has 1 saturated heterocycles. The second-order valence-electron chi connectivity index (χ2n) is 6.16. The van der Waals surface area contributed by atoms with Crippen molar-refractivity contribution >= 4 is 5.91 Å². The summed E-state index contributed by atoms with van der Waals surface area (Å²) < 4.78 is 11.2. The summed E-state index contributed by atoms with van der Waals surface area (Å²) in [4.78, 5) is 14.1. The molecule has 2 heterocycles. The van der Waals surface area contributed by atoms with Crippen LogP contribution in [0, 0.1) is 20.8 Å². The van der Waals surface area contributed by atoms with Crippen LogP contribution in [0.5, 0.6) is 5.75 Å². The summed E-state index contributed by atoms with van der Waals surface area (Å²) >= 11 is 0. The summed E-state index contributed by atoms with van der Waals surface area (Å²) in [5, 5.41) is 3.78. The molecule has 5 heteroatoms. The van der Waals surface area contributed by atoms with Gasteiger partial charge in [0.15, 0.2) is 0 Å². The Hall–Kier alpha value is -2.30. The Morgan fingerprint density at radius 2 is 1.87 bits per heavy atom. The zero-order chi connectivity index (χ0) is 16.4. The van der Waals surface area contributed by atoms with Gasteiger partial charge in [-0.2, -0.15) is 0 Å². The minimum absolute atomic E-state index is 0.0869. The molecule has 1 aromatic carbocycles. The lowest BCUT2D eigenvalue weighted by Crippen LogP contribution is -2.41. The molecule has 0 aliphatic carbocycles. The van der Waals surface area contributed by atoms with Crippen LogP contribution in [0.4, 0.5) is 0 Å². The van der Waals surface area contributed by atoms with Gasteiger partial charge in [0, 0.05) is 32.0 Å². The Morgan fingerprint density at radius 1 is 1.22 bits per heavy atom. The number of likely N-dealkylation sites (tertiary alicyclic amines) is 1. The first-order valence-corrected chi connectivity index (χ1v) is 8.00. The van der Waals surface area contributed by atoms with Crippen molar-refractivity contribution in [3.05, 3.63) is 46.8 Å². The number of carbonyl (C=O) groups is 1. The lowest BCUT2D eigenvalue weighted by molar-refractivity contribution is 0.0556. The van der Waals surface area contributed by atoms with Crippen molar-refractivity contribution in [1.29, 1.82) is 0 Å². The molecule has 2 aromatic rings. The van der Waals surface area contributed by atoms with Gasteiger partial charge < -0.3 is 14.2 Å². The molecule has 23 heavy (non-hydrogen) atoms. The van der Waals surface area contributed by atoms with Gasteiger partial charge in [-0.1, -0.05) is 23.4 Å². The summed E-state index contributed by atoms with van der Waals surface area (Å²) in [7, 11) is 0. The van der Waals surface area contributed by atoms with Crippen LogP contribution >= 0.6 is 0 Å². The van der Waals surface area contributed by atoms with Crippen LogP contribution in [0.15, 0.2) is 28.8 Å². The Morgan fingerprint density at radius 3 is 2.43 bits per heavy atom. The number of benzene rings is 1. The number of aromatic nitrogens is 1. The van der Waals surface area contributed by atoms with Crippen molar-refractivity contribution in [3.63, 3.8) is 0 Å². The molecule has 1 aromatic heterocycles. The average molecular weight is 314 g/mol. The number of aryl methyl sites for hydroxylation is 3. The summed E-state index contributed by atoms with van der Waals surface area (Å²) in [5.41, 5.74) is 3.03.